The first-order valence-electron chi connectivity index (χ1n) is 23.6. The molecule has 0 aliphatic rings. The first kappa shape index (κ1) is 52.5. The second-order valence-electron chi connectivity index (χ2n) is 16.0. The second-order valence-corrected chi connectivity index (χ2v) is 16.0. The minimum Gasteiger partial charge on any atom is -0.466 e. The number of hydrogen-bond donors (Lipinski definition) is 2. The molecule has 0 aromatic heterocycles. The lowest BCUT2D eigenvalue weighted by atomic mass is 10.0. The van der Waals surface area contributed by atoms with Crippen molar-refractivity contribution in [3.8, 4) is 0 Å². The summed E-state index contributed by atoms with van der Waals surface area (Å²) in [6.07, 6.45) is 50.3. The molecule has 54 heavy (non-hydrogen) atoms. The first-order chi connectivity index (χ1) is 26.7. The molecule has 0 saturated carbocycles. The highest BCUT2D eigenvalue weighted by molar-refractivity contribution is 5.69. The van der Waals surface area contributed by atoms with E-state index in [1.807, 2.05) is 0 Å². The Hall–Kier alpha value is -1.50. The van der Waals surface area contributed by atoms with Gasteiger partial charge in [0.25, 0.3) is 0 Å². The van der Waals surface area contributed by atoms with Gasteiger partial charge in [0.15, 0.2) is 0 Å². The zero-order valence-corrected chi connectivity index (χ0v) is 36.1. The Morgan fingerprint density at radius 1 is 0.556 bits per heavy atom. The van der Waals surface area contributed by atoms with E-state index in [1.165, 1.54) is 161 Å². The topological polar surface area (TPSA) is 90.6 Å². The normalized spacial score (nSPS) is 12.9. The number of ether oxygens (including phenoxy) is 2. The van der Waals surface area contributed by atoms with Gasteiger partial charge < -0.3 is 25.3 Å². The molecule has 0 aromatic carbocycles. The van der Waals surface area contributed by atoms with Crippen LogP contribution in [0.1, 0.15) is 226 Å². The van der Waals surface area contributed by atoms with Crippen molar-refractivity contribution >= 4 is 12.3 Å². The van der Waals surface area contributed by atoms with Gasteiger partial charge in [0.2, 0.25) is 0 Å². The number of carbonyl (C=O) groups excluding carboxylic acids is 2. The number of nitrogens with two attached hydrogens (primary N) is 1. The fourth-order valence-corrected chi connectivity index (χ4v) is 6.92. The summed E-state index contributed by atoms with van der Waals surface area (Å²) in [6.45, 7) is 7.75. The Morgan fingerprint density at radius 3 is 1.46 bits per heavy atom. The molecule has 0 aliphatic carbocycles. The average molecular weight is 761 g/mol. The smallest absolute Gasteiger partial charge is 0.305 e. The summed E-state index contributed by atoms with van der Waals surface area (Å²) in [5, 5.41) is 3.41. The van der Waals surface area contributed by atoms with Crippen molar-refractivity contribution in [1.82, 2.24) is 5.32 Å². The molecule has 6 heteroatoms. The van der Waals surface area contributed by atoms with Crippen LogP contribution >= 0.6 is 0 Å². The molecule has 6 nitrogen and oxygen atoms in total. The summed E-state index contributed by atoms with van der Waals surface area (Å²) in [7, 11) is 0. The molecule has 0 aliphatic heterocycles. The minimum atomic E-state index is -0.173. The highest BCUT2D eigenvalue weighted by Gasteiger charge is 2.15. The molecule has 0 fully saturated rings. The van der Waals surface area contributed by atoms with E-state index >= 15 is 0 Å². The van der Waals surface area contributed by atoms with E-state index in [-0.39, 0.29) is 17.9 Å². The van der Waals surface area contributed by atoms with Gasteiger partial charge in [-0.05, 0) is 95.9 Å². The van der Waals surface area contributed by atoms with Gasteiger partial charge in [-0.3, -0.25) is 4.79 Å². The molecular weight excluding hydrogens is 669 g/mol. The van der Waals surface area contributed by atoms with Crippen molar-refractivity contribution in [2.24, 2.45) is 11.7 Å². The summed E-state index contributed by atoms with van der Waals surface area (Å²) < 4.78 is 11.7. The summed E-state index contributed by atoms with van der Waals surface area (Å²) in [5.74, 6) is 0.0601. The number of rotatable bonds is 45. The van der Waals surface area contributed by atoms with Crippen molar-refractivity contribution in [3.63, 3.8) is 0 Å². The van der Waals surface area contributed by atoms with Crippen LogP contribution in [-0.2, 0) is 19.1 Å². The van der Waals surface area contributed by atoms with Crippen LogP contribution in [0, 0.1) is 5.92 Å². The Bertz CT molecular complexity index is 817. The van der Waals surface area contributed by atoms with Gasteiger partial charge in [0, 0.05) is 19.6 Å². The lowest BCUT2D eigenvalue weighted by Crippen LogP contribution is -2.36. The molecule has 0 spiro atoms. The number of aldehydes is 1. The molecule has 3 N–H and O–H groups in total. The van der Waals surface area contributed by atoms with E-state index < -0.39 is 0 Å². The van der Waals surface area contributed by atoms with Gasteiger partial charge in [0.1, 0.15) is 6.29 Å². The fourth-order valence-electron chi connectivity index (χ4n) is 6.92. The SMILES string of the molecule is CCCCCCCC/C=C\CCCCCCCCOCC(CCC(=O)OCCCCCCCC/C=C\CCCCCCCC)CN[C@H](C=O)CCCCN. The van der Waals surface area contributed by atoms with Crippen LogP contribution in [-0.4, -0.2) is 51.2 Å². The van der Waals surface area contributed by atoms with Crippen molar-refractivity contribution in [3.05, 3.63) is 24.3 Å². The zero-order chi connectivity index (χ0) is 39.3. The van der Waals surface area contributed by atoms with Crippen LogP contribution < -0.4 is 11.1 Å². The standard InChI is InChI=1S/C48H92N2O4/c1-3-5-7-9-11-13-15-17-19-21-23-25-27-29-31-35-41-53-45-46(43-50-47(44-51)37-33-34-40-49)38-39-48(52)54-42-36-32-30-28-26-24-22-20-18-16-14-12-10-8-6-4-2/h17-20,44,46-47,50H,3-16,21-43,45,49H2,1-2H3/b19-17-,20-18-/t46?,47-/m0/s1. The lowest BCUT2D eigenvalue weighted by molar-refractivity contribution is -0.144. The molecule has 0 bridgehead atoms. The molecule has 0 heterocycles. The predicted octanol–water partition coefficient (Wildman–Crippen LogP) is 13.3. The van der Waals surface area contributed by atoms with Gasteiger partial charge in [-0.25, -0.2) is 0 Å². The van der Waals surface area contributed by atoms with Gasteiger partial charge in [-0.1, -0.05) is 160 Å². The molecule has 318 valence electrons. The van der Waals surface area contributed by atoms with Gasteiger partial charge >= 0.3 is 5.97 Å². The number of esters is 1. The van der Waals surface area contributed by atoms with Crippen LogP contribution in [0.2, 0.25) is 0 Å². The number of unbranched alkanes of at least 4 members (excludes halogenated alkanes) is 25. The number of allylic oxidation sites excluding steroid dienone is 4. The summed E-state index contributed by atoms with van der Waals surface area (Å²) in [4.78, 5) is 24.2. The van der Waals surface area contributed by atoms with Crippen LogP contribution in [0.4, 0.5) is 0 Å². The molecule has 0 aromatic rings. The van der Waals surface area contributed by atoms with Crippen molar-refractivity contribution in [2.75, 3.05) is 32.9 Å². The average Bonchev–Trinajstić information content (AvgIpc) is 3.18. The highest BCUT2D eigenvalue weighted by Crippen LogP contribution is 2.14. The predicted molar refractivity (Wildman–Crippen MR) is 234 cm³/mol. The fraction of sp³-hybridized carbons (Fsp3) is 0.875. The van der Waals surface area contributed by atoms with Crippen molar-refractivity contribution in [2.45, 2.75) is 232 Å². The maximum atomic E-state index is 12.6. The van der Waals surface area contributed by atoms with E-state index in [2.05, 4.69) is 43.5 Å². The van der Waals surface area contributed by atoms with E-state index in [0.29, 0.717) is 39.1 Å². The first-order valence-corrected chi connectivity index (χ1v) is 23.6. The minimum absolute atomic E-state index is 0.115. The van der Waals surface area contributed by atoms with Gasteiger partial charge in [-0.15, -0.1) is 0 Å². The highest BCUT2D eigenvalue weighted by atomic mass is 16.5. The lowest BCUT2D eigenvalue weighted by Gasteiger charge is -2.20. The largest absolute Gasteiger partial charge is 0.466 e. The summed E-state index contributed by atoms with van der Waals surface area (Å²) in [5.41, 5.74) is 5.64. The Kier molecular flexibility index (Phi) is 44.6. The van der Waals surface area contributed by atoms with E-state index in [0.717, 1.165) is 51.4 Å². The van der Waals surface area contributed by atoms with Crippen LogP contribution in [0.25, 0.3) is 0 Å². The molecule has 0 radical (unpaired) electrons. The monoisotopic (exact) mass is 761 g/mol. The number of hydrogen-bond acceptors (Lipinski definition) is 6. The summed E-state index contributed by atoms with van der Waals surface area (Å²) in [6, 6.07) is -0.173. The zero-order valence-electron chi connectivity index (χ0n) is 36.1. The second kappa shape index (κ2) is 45.9. The van der Waals surface area contributed by atoms with Gasteiger partial charge in [-0.2, -0.15) is 0 Å². The Labute approximate surface area is 336 Å². The number of nitrogens with one attached hydrogen (secondary N) is 1. The van der Waals surface area contributed by atoms with Crippen LogP contribution in [0.15, 0.2) is 24.3 Å². The number of carbonyl (C=O) groups is 2. The molecule has 0 amide bonds. The Morgan fingerprint density at radius 2 is 1.00 bits per heavy atom. The van der Waals surface area contributed by atoms with Gasteiger partial charge in [0.05, 0.1) is 19.3 Å². The molecule has 0 rings (SSSR count). The maximum absolute atomic E-state index is 12.6. The van der Waals surface area contributed by atoms with Crippen molar-refractivity contribution < 1.29 is 19.1 Å². The third kappa shape index (κ3) is 41.7. The maximum Gasteiger partial charge on any atom is 0.305 e. The van der Waals surface area contributed by atoms with E-state index in [9.17, 15) is 9.59 Å². The Balaban J connectivity index is 4.05. The van der Waals surface area contributed by atoms with E-state index in [1.54, 1.807) is 0 Å². The summed E-state index contributed by atoms with van der Waals surface area (Å²) >= 11 is 0. The van der Waals surface area contributed by atoms with Crippen molar-refractivity contribution in [1.29, 1.82) is 0 Å². The van der Waals surface area contributed by atoms with E-state index in [4.69, 9.17) is 15.2 Å². The third-order valence-corrected chi connectivity index (χ3v) is 10.6. The van der Waals surface area contributed by atoms with Crippen LogP contribution in [0.5, 0.6) is 0 Å². The third-order valence-electron chi connectivity index (χ3n) is 10.6. The molecule has 0 saturated heterocycles. The molecule has 1 unspecified atom stereocenters. The quantitative estimate of drug-likeness (QED) is 0.0278. The molecular formula is C48H92N2O4. The molecule has 2 atom stereocenters. The van der Waals surface area contributed by atoms with Crippen LogP contribution in [0.3, 0.4) is 0 Å².